The number of piperidine rings is 1. The molecule has 0 N–H and O–H groups in total. The molecule has 0 bridgehead atoms. The van der Waals surface area contributed by atoms with Crippen molar-refractivity contribution >= 4 is 11.8 Å². The molecular weight excluding hydrogens is 408 g/mol. The lowest BCUT2D eigenvalue weighted by Gasteiger charge is -2.31. The maximum atomic E-state index is 13.6. The van der Waals surface area contributed by atoms with Crippen molar-refractivity contribution in [1.82, 2.24) is 9.80 Å². The van der Waals surface area contributed by atoms with Crippen LogP contribution >= 0.6 is 0 Å². The molecule has 2 atom stereocenters. The standard InChI is InChI=1S/C25H38N2O5/c1-25(2,3)14-22(28)27-15-18(19(16-27)24(29)26-10-8-7-9-11-26)17-12-20(30-4)23(32-6)21(13-17)31-5/h12-13,18-19H,7-11,14-16H2,1-6H3/t18-,19-/m0/s1. The third-order valence-electron chi connectivity index (χ3n) is 6.45. The Morgan fingerprint density at radius 3 is 2.00 bits per heavy atom. The zero-order valence-electron chi connectivity index (χ0n) is 20.4. The minimum Gasteiger partial charge on any atom is -0.493 e. The fourth-order valence-corrected chi connectivity index (χ4v) is 4.83. The Hall–Kier alpha value is -2.44. The first-order valence-electron chi connectivity index (χ1n) is 11.5. The third-order valence-corrected chi connectivity index (χ3v) is 6.45. The van der Waals surface area contributed by atoms with E-state index in [2.05, 4.69) is 20.8 Å². The zero-order chi connectivity index (χ0) is 23.5. The lowest BCUT2D eigenvalue weighted by atomic mass is 9.87. The van der Waals surface area contributed by atoms with Gasteiger partial charge in [-0.1, -0.05) is 20.8 Å². The molecule has 32 heavy (non-hydrogen) atoms. The van der Waals surface area contributed by atoms with Crippen molar-refractivity contribution in [2.45, 2.75) is 52.4 Å². The van der Waals surface area contributed by atoms with E-state index in [1.807, 2.05) is 21.9 Å². The number of nitrogens with zero attached hydrogens (tertiary/aromatic N) is 2. The predicted octanol–water partition coefficient (Wildman–Crippen LogP) is 3.70. The van der Waals surface area contributed by atoms with Gasteiger partial charge in [-0.15, -0.1) is 0 Å². The van der Waals surface area contributed by atoms with Gasteiger partial charge in [0.15, 0.2) is 11.5 Å². The SMILES string of the molecule is COc1cc([C@@H]2CN(C(=O)CC(C)(C)C)C[C@@H]2C(=O)N2CCCCC2)cc(OC)c1OC. The number of carbonyl (C=O) groups excluding carboxylic acids is 2. The van der Waals surface area contributed by atoms with Crippen molar-refractivity contribution in [1.29, 1.82) is 0 Å². The van der Waals surface area contributed by atoms with Crippen LogP contribution in [0.25, 0.3) is 0 Å². The van der Waals surface area contributed by atoms with E-state index in [9.17, 15) is 9.59 Å². The topological polar surface area (TPSA) is 68.3 Å². The molecule has 1 aromatic carbocycles. The highest BCUT2D eigenvalue weighted by Crippen LogP contribution is 2.44. The summed E-state index contributed by atoms with van der Waals surface area (Å²) in [7, 11) is 4.75. The van der Waals surface area contributed by atoms with E-state index in [1.165, 1.54) is 6.42 Å². The summed E-state index contributed by atoms with van der Waals surface area (Å²) in [6.07, 6.45) is 3.71. The smallest absolute Gasteiger partial charge is 0.228 e. The van der Waals surface area contributed by atoms with Crippen molar-refractivity contribution in [3.8, 4) is 17.2 Å². The van der Waals surface area contributed by atoms with Crippen LogP contribution in [-0.4, -0.2) is 69.1 Å². The average molecular weight is 447 g/mol. The number of benzene rings is 1. The van der Waals surface area contributed by atoms with Crippen LogP contribution in [0.1, 0.15) is 57.9 Å². The minimum absolute atomic E-state index is 0.101. The first-order chi connectivity index (χ1) is 15.2. The quantitative estimate of drug-likeness (QED) is 0.667. The summed E-state index contributed by atoms with van der Waals surface area (Å²) < 4.78 is 16.6. The molecule has 3 rings (SSSR count). The lowest BCUT2D eigenvalue weighted by Crippen LogP contribution is -2.42. The van der Waals surface area contributed by atoms with Gasteiger partial charge in [-0.3, -0.25) is 9.59 Å². The molecule has 0 aromatic heterocycles. The monoisotopic (exact) mass is 446 g/mol. The molecular formula is C25H38N2O5. The van der Waals surface area contributed by atoms with Crippen molar-refractivity contribution in [3.63, 3.8) is 0 Å². The number of rotatable bonds is 6. The molecule has 0 spiro atoms. The molecule has 178 valence electrons. The molecule has 2 saturated heterocycles. The summed E-state index contributed by atoms with van der Waals surface area (Å²) >= 11 is 0. The van der Waals surface area contributed by atoms with E-state index in [4.69, 9.17) is 14.2 Å². The van der Waals surface area contributed by atoms with Crippen LogP contribution in [-0.2, 0) is 9.59 Å². The molecule has 7 nitrogen and oxygen atoms in total. The number of ether oxygens (including phenoxy) is 3. The largest absolute Gasteiger partial charge is 0.493 e. The van der Waals surface area contributed by atoms with E-state index in [1.54, 1.807) is 21.3 Å². The average Bonchev–Trinajstić information content (AvgIpc) is 3.22. The van der Waals surface area contributed by atoms with E-state index in [-0.39, 0.29) is 29.1 Å². The number of likely N-dealkylation sites (tertiary alicyclic amines) is 2. The Morgan fingerprint density at radius 2 is 1.50 bits per heavy atom. The summed E-state index contributed by atoms with van der Waals surface area (Å²) in [6, 6.07) is 3.83. The number of amides is 2. The van der Waals surface area contributed by atoms with Crippen molar-refractivity contribution in [2.24, 2.45) is 11.3 Å². The molecule has 0 unspecified atom stereocenters. The molecule has 0 aliphatic carbocycles. The Labute approximate surface area is 192 Å². The third kappa shape index (κ3) is 5.30. The highest BCUT2D eigenvalue weighted by atomic mass is 16.5. The maximum Gasteiger partial charge on any atom is 0.228 e. The van der Waals surface area contributed by atoms with E-state index < -0.39 is 0 Å². The summed E-state index contributed by atoms with van der Waals surface area (Å²) in [5, 5.41) is 0. The summed E-state index contributed by atoms with van der Waals surface area (Å²) in [6.45, 7) is 8.75. The minimum atomic E-state index is -0.278. The summed E-state index contributed by atoms with van der Waals surface area (Å²) in [5.74, 6) is 1.49. The van der Waals surface area contributed by atoms with Crippen LogP contribution in [0.5, 0.6) is 17.2 Å². The van der Waals surface area contributed by atoms with Gasteiger partial charge < -0.3 is 24.0 Å². The van der Waals surface area contributed by atoms with Gasteiger partial charge in [-0.2, -0.15) is 0 Å². The fourth-order valence-electron chi connectivity index (χ4n) is 4.83. The normalized spacial score (nSPS) is 21.4. The van der Waals surface area contributed by atoms with Gasteiger partial charge in [0.25, 0.3) is 0 Å². The van der Waals surface area contributed by atoms with Crippen LogP contribution in [0.2, 0.25) is 0 Å². The van der Waals surface area contributed by atoms with Crippen molar-refractivity contribution in [2.75, 3.05) is 47.5 Å². The Kier molecular flexibility index (Phi) is 7.57. The molecule has 0 radical (unpaired) electrons. The summed E-state index contributed by atoms with van der Waals surface area (Å²) in [4.78, 5) is 30.5. The zero-order valence-corrected chi connectivity index (χ0v) is 20.4. The van der Waals surface area contributed by atoms with Crippen LogP contribution in [0.4, 0.5) is 0 Å². The van der Waals surface area contributed by atoms with Crippen molar-refractivity contribution in [3.05, 3.63) is 17.7 Å². The highest BCUT2D eigenvalue weighted by molar-refractivity contribution is 5.84. The van der Waals surface area contributed by atoms with E-state index >= 15 is 0 Å². The number of hydrogen-bond donors (Lipinski definition) is 0. The van der Waals surface area contributed by atoms with Gasteiger partial charge >= 0.3 is 0 Å². The second-order valence-corrected chi connectivity index (χ2v) is 10.1. The number of methoxy groups -OCH3 is 3. The van der Waals surface area contributed by atoms with Crippen molar-refractivity contribution < 1.29 is 23.8 Å². The first-order valence-corrected chi connectivity index (χ1v) is 11.5. The predicted molar refractivity (Wildman–Crippen MR) is 123 cm³/mol. The molecule has 2 fully saturated rings. The molecule has 1 aromatic rings. The molecule has 2 aliphatic rings. The maximum absolute atomic E-state index is 13.6. The molecule has 7 heteroatoms. The summed E-state index contributed by atoms with van der Waals surface area (Å²) in [5.41, 5.74) is 0.828. The second-order valence-electron chi connectivity index (χ2n) is 10.1. The van der Waals surface area contributed by atoms with Crippen LogP contribution < -0.4 is 14.2 Å². The Bertz CT molecular complexity index is 801. The number of carbonyl (C=O) groups is 2. The van der Waals surface area contributed by atoms with Crippen LogP contribution in [0.15, 0.2) is 12.1 Å². The second kappa shape index (κ2) is 10.0. The molecule has 2 amide bonds. The van der Waals surface area contributed by atoms with E-state index in [0.29, 0.717) is 36.8 Å². The van der Waals surface area contributed by atoms with Gasteiger partial charge in [-0.25, -0.2) is 0 Å². The van der Waals surface area contributed by atoms with Gasteiger partial charge in [0.1, 0.15) is 0 Å². The molecule has 2 aliphatic heterocycles. The molecule has 0 saturated carbocycles. The molecule has 2 heterocycles. The van der Waals surface area contributed by atoms with Gasteiger partial charge in [0.2, 0.25) is 17.6 Å². The van der Waals surface area contributed by atoms with Crippen LogP contribution in [0, 0.1) is 11.3 Å². The Morgan fingerprint density at radius 1 is 0.906 bits per heavy atom. The van der Waals surface area contributed by atoms with Crippen LogP contribution in [0.3, 0.4) is 0 Å². The lowest BCUT2D eigenvalue weighted by molar-refractivity contribution is -0.137. The van der Waals surface area contributed by atoms with Gasteiger partial charge in [0, 0.05) is 38.5 Å². The van der Waals surface area contributed by atoms with Gasteiger partial charge in [0.05, 0.1) is 27.2 Å². The fraction of sp³-hybridized carbons (Fsp3) is 0.680. The van der Waals surface area contributed by atoms with Gasteiger partial charge in [-0.05, 0) is 42.4 Å². The first kappa shape index (κ1) is 24.2. The Balaban J connectivity index is 1.95. The highest BCUT2D eigenvalue weighted by Gasteiger charge is 2.43. The number of hydrogen-bond acceptors (Lipinski definition) is 5. The van der Waals surface area contributed by atoms with E-state index in [0.717, 1.165) is 31.5 Å².